The van der Waals surface area contributed by atoms with Crippen molar-refractivity contribution in [2.75, 3.05) is 5.73 Å². The van der Waals surface area contributed by atoms with Crippen LogP contribution >= 0.6 is 0 Å². The second kappa shape index (κ2) is 3.91. The fraction of sp³-hybridized carbons (Fsp3) is 0.375. The SMILES string of the molecule is CCCn1c(C(N)=O)nc(N)[c]c1=O. The van der Waals surface area contributed by atoms with E-state index in [0.717, 1.165) is 0 Å². The summed E-state index contributed by atoms with van der Waals surface area (Å²) in [7, 11) is 0. The minimum atomic E-state index is -0.767. The first-order chi connectivity index (χ1) is 6.56. The van der Waals surface area contributed by atoms with E-state index in [0.29, 0.717) is 13.0 Å². The smallest absolute Gasteiger partial charge is 0.284 e. The highest BCUT2D eigenvalue weighted by atomic mass is 16.2. The average Bonchev–Trinajstić information content (AvgIpc) is 2.09. The highest BCUT2D eigenvalue weighted by Crippen LogP contribution is 1.97. The number of hydrogen-bond donors (Lipinski definition) is 2. The van der Waals surface area contributed by atoms with Crippen LogP contribution in [0.3, 0.4) is 0 Å². The number of nitrogens with zero attached hydrogens (tertiary/aromatic N) is 2. The molecule has 0 atom stereocenters. The van der Waals surface area contributed by atoms with Gasteiger partial charge in [-0.25, -0.2) is 4.98 Å². The Morgan fingerprint density at radius 2 is 2.29 bits per heavy atom. The average molecular weight is 195 g/mol. The third-order valence-electron chi connectivity index (χ3n) is 1.63. The van der Waals surface area contributed by atoms with E-state index in [4.69, 9.17) is 11.5 Å². The van der Waals surface area contributed by atoms with Crippen molar-refractivity contribution in [3.63, 3.8) is 0 Å². The van der Waals surface area contributed by atoms with Crippen molar-refractivity contribution in [1.82, 2.24) is 9.55 Å². The van der Waals surface area contributed by atoms with Crippen LogP contribution in [0, 0.1) is 6.07 Å². The summed E-state index contributed by atoms with van der Waals surface area (Å²) >= 11 is 0. The number of amides is 1. The molecule has 0 spiro atoms. The summed E-state index contributed by atoms with van der Waals surface area (Å²) in [6, 6.07) is 2.29. The number of nitrogen functional groups attached to an aromatic ring is 1. The Kier molecular flexibility index (Phi) is 2.85. The van der Waals surface area contributed by atoms with Crippen LogP contribution in [-0.4, -0.2) is 15.5 Å². The topological polar surface area (TPSA) is 104 Å². The van der Waals surface area contributed by atoms with Gasteiger partial charge in [-0.05, 0) is 6.42 Å². The second-order valence-corrected chi connectivity index (χ2v) is 2.77. The fourth-order valence-electron chi connectivity index (χ4n) is 1.09. The summed E-state index contributed by atoms with van der Waals surface area (Å²) in [4.78, 5) is 25.9. The van der Waals surface area contributed by atoms with Gasteiger partial charge in [0.25, 0.3) is 11.5 Å². The third-order valence-corrected chi connectivity index (χ3v) is 1.63. The minimum Gasteiger partial charge on any atom is -0.383 e. The number of nitrogens with two attached hydrogens (primary N) is 2. The third kappa shape index (κ3) is 1.90. The van der Waals surface area contributed by atoms with Crippen molar-refractivity contribution < 1.29 is 4.79 Å². The van der Waals surface area contributed by atoms with Crippen LogP contribution in [0.15, 0.2) is 4.79 Å². The van der Waals surface area contributed by atoms with Gasteiger partial charge in [0.2, 0.25) is 5.82 Å². The minimum absolute atomic E-state index is 0.115. The number of aromatic nitrogens is 2. The van der Waals surface area contributed by atoms with Crippen molar-refractivity contribution in [2.45, 2.75) is 19.9 Å². The lowest BCUT2D eigenvalue weighted by Gasteiger charge is -2.07. The number of anilines is 1. The van der Waals surface area contributed by atoms with Crippen LogP contribution in [0.25, 0.3) is 0 Å². The van der Waals surface area contributed by atoms with Crippen LogP contribution < -0.4 is 17.0 Å². The van der Waals surface area contributed by atoms with Gasteiger partial charge in [-0.3, -0.25) is 14.2 Å². The molecule has 0 unspecified atom stereocenters. The van der Waals surface area contributed by atoms with Crippen LogP contribution in [0.5, 0.6) is 0 Å². The normalized spacial score (nSPS) is 10.1. The molecule has 0 aromatic carbocycles. The molecule has 0 aliphatic rings. The molecular formula is C8H11N4O2. The first-order valence-corrected chi connectivity index (χ1v) is 4.15. The van der Waals surface area contributed by atoms with Crippen molar-refractivity contribution in [3.05, 3.63) is 22.2 Å². The number of hydrogen-bond acceptors (Lipinski definition) is 4. The molecule has 1 rings (SSSR count). The molecule has 6 heteroatoms. The standard InChI is InChI=1S/C8H11N4O2/c1-2-3-12-6(13)4-5(9)11-8(12)7(10)14/h2-3,9H2,1H3,(H2,10,14). The Bertz CT molecular complexity index is 410. The zero-order valence-corrected chi connectivity index (χ0v) is 7.78. The molecule has 1 amide bonds. The van der Waals surface area contributed by atoms with Gasteiger partial charge in [0.05, 0.1) is 6.07 Å². The summed E-state index contributed by atoms with van der Waals surface area (Å²) in [6.45, 7) is 2.24. The summed E-state index contributed by atoms with van der Waals surface area (Å²) < 4.78 is 1.17. The molecule has 0 aliphatic carbocycles. The molecular weight excluding hydrogens is 184 g/mol. The van der Waals surface area contributed by atoms with Gasteiger partial charge in [0.1, 0.15) is 5.82 Å². The van der Waals surface area contributed by atoms with E-state index in [1.165, 1.54) is 4.57 Å². The zero-order chi connectivity index (χ0) is 10.7. The van der Waals surface area contributed by atoms with Crippen molar-refractivity contribution in [3.8, 4) is 0 Å². The fourth-order valence-corrected chi connectivity index (χ4v) is 1.09. The monoisotopic (exact) mass is 195 g/mol. The Hall–Kier alpha value is -1.85. The molecule has 1 radical (unpaired) electrons. The molecule has 4 N–H and O–H groups in total. The summed E-state index contributed by atoms with van der Waals surface area (Å²) in [6.07, 6.45) is 0.694. The van der Waals surface area contributed by atoms with Crippen LogP contribution in [0.4, 0.5) is 5.82 Å². The first-order valence-electron chi connectivity index (χ1n) is 4.15. The van der Waals surface area contributed by atoms with E-state index in [2.05, 4.69) is 11.1 Å². The van der Waals surface area contributed by atoms with Crippen LogP contribution in [0.2, 0.25) is 0 Å². The van der Waals surface area contributed by atoms with E-state index >= 15 is 0 Å². The molecule has 6 nitrogen and oxygen atoms in total. The summed E-state index contributed by atoms with van der Waals surface area (Å²) in [5.74, 6) is -1.000. The highest BCUT2D eigenvalue weighted by Gasteiger charge is 2.11. The number of primary amides is 1. The predicted molar refractivity (Wildman–Crippen MR) is 50.6 cm³/mol. The van der Waals surface area contributed by atoms with Gasteiger partial charge < -0.3 is 11.5 Å². The lowest BCUT2D eigenvalue weighted by Crippen LogP contribution is -2.31. The van der Waals surface area contributed by atoms with Gasteiger partial charge in [-0.1, -0.05) is 6.92 Å². The molecule has 0 saturated carbocycles. The van der Waals surface area contributed by atoms with Crippen molar-refractivity contribution >= 4 is 11.7 Å². The maximum Gasteiger partial charge on any atom is 0.284 e. The van der Waals surface area contributed by atoms with Crippen molar-refractivity contribution in [1.29, 1.82) is 0 Å². The van der Waals surface area contributed by atoms with E-state index in [1.807, 2.05) is 6.92 Å². The van der Waals surface area contributed by atoms with Gasteiger partial charge in [0.15, 0.2) is 0 Å². The molecule has 0 bridgehead atoms. The van der Waals surface area contributed by atoms with E-state index in [1.54, 1.807) is 0 Å². The van der Waals surface area contributed by atoms with Crippen LogP contribution in [-0.2, 0) is 6.54 Å². The summed E-state index contributed by atoms with van der Waals surface area (Å²) in [5, 5.41) is 0. The predicted octanol–water partition coefficient (Wildman–Crippen LogP) is -0.865. The highest BCUT2D eigenvalue weighted by molar-refractivity contribution is 5.89. The van der Waals surface area contributed by atoms with Gasteiger partial charge in [-0.15, -0.1) is 0 Å². The largest absolute Gasteiger partial charge is 0.383 e. The molecule has 1 aromatic rings. The number of carbonyl (C=O) groups excluding carboxylic acids is 1. The zero-order valence-electron chi connectivity index (χ0n) is 7.78. The van der Waals surface area contributed by atoms with E-state index < -0.39 is 11.5 Å². The first kappa shape index (κ1) is 10.2. The van der Waals surface area contributed by atoms with Crippen molar-refractivity contribution in [2.24, 2.45) is 5.73 Å². The van der Waals surface area contributed by atoms with E-state index in [9.17, 15) is 9.59 Å². The molecule has 75 valence electrons. The van der Waals surface area contributed by atoms with Gasteiger partial charge in [-0.2, -0.15) is 0 Å². The molecule has 0 aliphatic heterocycles. The van der Waals surface area contributed by atoms with E-state index in [-0.39, 0.29) is 11.6 Å². The lowest BCUT2D eigenvalue weighted by molar-refractivity contribution is 0.0984. The lowest BCUT2D eigenvalue weighted by atomic mass is 10.4. The Balaban J connectivity index is 3.36. The maximum atomic E-state index is 11.3. The molecule has 1 heterocycles. The molecule has 0 saturated heterocycles. The van der Waals surface area contributed by atoms with Crippen LogP contribution in [0.1, 0.15) is 24.0 Å². The number of rotatable bonds is 3. The molecule has 1 aromatic heterocycles. The summed E-state index contributed by atoms with van der Waals surface area (Å²) in [5.41, 5.74) is 9.85. The Morgan fingerprint density at radius 3 is 2.79 bits per heavy atom. The Morgan fingerprint density at radius 1 is 1.64 bits per heavy atom. The molecule has 0 fully saturated rings. The number of carbonyl (C=O) groups is 1. The maximum absolute atomic E-state index is 11.3. The quantitative estimate of drug-likeness (QED) is 0.654. The van der Waals surface area contributed by atoms with Gasteiger partial charge in [0, 0.05) is 6.54 Å². The van der Waals surface area contributed by atoms with Gasteiger partial charge >= 0.3 is 0 Å². The Labute approximate surface area is 80.5 Å². The molecule has 14 heavy (non-hydrogen) atoms. The second-order valence-electron chi connectivity index (χ2n) is 2.77.